The van der Waals surface area contributed by atoms with Crippen LogP contribution in [0.5, 0.6) is 0 Å². The highest BCUT2D eigenvalue weighted by Gasteiger charge is 2.37. The predicted octanol–water partition coefficient (Wildman–Crippen LogP) is 11.7. The molecule has 0 saturated heterocycles. The Balaban J connectivity index is 0.976. The molecule has 4 heterocycles. The molecule has 2 aliphatic rings. The maximum absolute atomic E-state index is 6.41. The van der Waals surface area contributed by atoms with Gasteiger partial charge in [0.15, 0.2) is 17.5 Å². The molecule has 1 atom stereocenters. The zero-order valence-corrected chi connectivity index (χ0v) is 28.8. The fraction of sp³-hybridized carbons (Fsp3) is 0.0625. The lowest BCUT2D eigenvalue weighted by Crippen LogP contribution is -2.22. The average molecular weight is 681 g/mol. The van der Waals surface area contributed by atoms with Crippen molar-refractivity contribution in [3.63, 3.8) is 0 Å². The van der Waals surface area contributed by atoms with Gasteiger partial charge in [0.1, 0.15) is 11.2 Å². The summed E-state index contributed by atoms with van der Waals surface area (Å²) in [5.41, 5.74) is 14.7. The van der Waals surface area contributed by atoms with Crippen LogP contribution in [0, 0.1) is 0 Å². The van der Waals surface area contributed by atoms with E-state index in [-0.39, 0.29) is 0 Å². The fourth-order valence-electron chi connectivity index (χ4n) is 8.43. The number of anilines is 2. The molecule has 0 fully saturated rings. The van der Waals surface area contributed by atoms with Crippen LogP contribution in [0.4, 0.5) is 11.4 Å². The highest BCUT2D eigenvalue weighted by Crippen LogP contribution is 2.48. The van der Waals surface area contributed by atoms with Crippen LogP contribution in [-0.4, -0.2) is 21.0 Å². The lowest BCUT2D eigenvalue weighted by atomic mass is 9.93. The van der Waals surface area contributed by atoms with E-state index in [9.17, 15) is 0 Å². The molecule has 2 aliphatic heterocycles. The number of hydrogen-bond acceptors (Lipinski definition) is 5. The molecule has 5 nitrogen and oxygen atoms in total. The number of rotatable bonds is 5. The SMILES string of the molecule is c1ccc(-c2nc(-c3ccc4c(c3)CC3Cc5cc(-c6ccccc6-c6ccccc6)ccc5N43)nc(-c3cccc4c3oc3ccccc34)n2)cc1. The smallest absolute Gasteiger partial charge is 0.167 e. The van der Waals surface area contributed by atoms with E-state index in [0.29, 0.717) is 23.5 Å². The first-order valence-corrected chi connectivity index (χ1v) is 18.2. The van der Waals surface area contributed by atoms with E-state index in [1.54, 1.807) is 0 Å². The molecular formula is C48H32N4O. The van der Waals surface area contributed by atoms with Gasteiger partial charge >= 0.3 is 0 Å². The van der Waals surface area contributed by atoms with Crippen molar-refractivity contribution in [1.29, 1.82) is 0 Å². The predicted molar refractivity (Wildman–Crippen MR) is 214 cm³/mol. The third-order valence-electron chi connectivity index (χ3n) is 10.8. The molecule has 1 unspecified atom stereocenters. The third-order valence-corrected chi connectivity index (χ3v) is 10.8. The summed E-state index contributed by atoms with van der Waals surface area (Å²) in [4.78, 5) is 17.7. The minimum absolute atomic E-state index is 0.384. The van der Waals surface area contributed by atoms with Crippen LogP contribution in [-0.2, 0) is 12.8 Å². The van der Waals surface area contributed by atoms with Crippen molar-refractivity contribution in [2.45, 2.75) is 18.9 Å². The van der Waals surface area contributed by atoms with Gasteiger partial charge in [-0.25, -0.2) is 15.0 Å². The van der Waals surface area contributed by atoms with Crippen molar-refractivity contribution in [3.8, 4) is 56.4 Å². The summed E-state index contributed by atoms with van der Waals surface area (Å²) in [7, 11) is 0. The van der Waals surface area contributed by atoms with Crippen molar-refractivity contribution < 1.29 is 4.42 Å². The lowest BCUT2D eigenvalue weighted by molar-refractivity contribution is 0.669. The highest BCUT2D eigenvalue weighted by molar-refractivity contribution is 6.09. The van der Waals surface area contributed by atoms with Crippen molar-refractivity contribution >= 4 is 33.3 Å². The summed E-state index contributed by atoms with van der Waals surface area (Å²) < 4.78 is 6.41. The number of aromatic nitrogens is 3. The van der Waals surface area contributed by atoms with E-state index in [1.165, 1.54) is 44.8 Å². The normalized spacial score (nSPS) is 14.4. The fourth-order valence-corrected chi connectivity index (χ4v) is 8.43. The molecule has 2 aromatic heterocycles. The second-order valence-corrected chi connectivity index (χ2v) is 14.0. The molecule has 0 N–H and O–H groups in total. The molecule has 0 amide bonds. The van der Waals surface area contributed by atoms with Crippen LogP contribution in [0.1, 0.15) is 11.1 Å². The Kier molecular flexibility index (Phi) is 6.68. The van der Waals surface area contributed by atoms with Gasteiger partial charge in [-0.15, -0.1) is 0 Å². The Morgan fingerprint density at radius 2 is 0.981 bits per heavy atom. The van der Waals surface area contributed by atoms with Crippen LogP contribution < -0.4 is 4.90 Å². The maximum atomic E-state index is 6.41. The van der Waals surface area contributed by atoms with Gasteiger partial charge in [0.2, 0.25) is 0 Å². The Labute approximate surface area is 306 Å². The topological polar surface area (TPSA) is 55.1 Å². The number of hydrogen-bond donors (Lipinski definition) is 0. The molecule has 0 spiro atoms. The van der Waals surface area contributed by atoms with Crippen LogP contribution in [0.2, 0.25) is 0 Å². The molecule has 0 saturated carbocycles. The second kappa shape index (κ2) is 11.9. The summed E-state index contributed by atoms with van der Waals surface area (Å²) in [6.07, 6.45) is 1.98. The van der Waals surface area contributed by atoms with Crippen LogP contribution in [0.25, 0.3) is 78.4 Å². The van der Waals surface area contributed by atoms with Crippen molar-refractivity contribution in [2.75, 3.05) is 4.90 Å². The standard InChI is InChI=1S/C48H32N4O/c1-3-12-30(13-4-1)37-16-7-8-17-38(37)32-22-24-42-34(26-32)28-36-29-35-27-33(23-25-43(35)52(36)42)47-49-46(31-14-5-2-6-15-31)50-48(51-47)41-20-11-19-40-39-18-9-10-21-44(39)53-45(40)41/h1-27,36H,28-29H2. The van der Waals surface area contributed by atoms with Gasteiger partial charge in [0, 0.05) is 39.3 Å². The molecule has 0 radical (unpaired) electrons. The first-order valence-electron chi connectivity index (χ1n) is 18.2. The molecule has 11 rings (SSSR count). The summed E-state index contributed by atoms with van der Waals surface area (Å²) >= 11 is 0. The van der Waals surface area contributed by atoms with Crippen LogP contribution >= 0.6 is 0 Å². The maximum Gasteiger partial charge on any atom is 0.167 e. The number of fused-ring (bicyclic) bond motifs is 8. The van der Waals surface area contributed by atoms with E-state index in [0.717, 1.165) is 51.5 Å². The minimum atomic E-state index is 0.384. The molecule has 53 heavy (non-hydrogen) atoms. The number of para-hydroxylation sites is 2. The van der Waals surface area contributed by atoms with E-state index >= 15 is 0 Å². The first kappa shape index (κ1) is 29.8. The minimum Gasteiger partial charge on any atom is -0.455 e. The number of benzene rings is 7. The van der Waals surface area contributed by atoms with Gasteiger partial charge in [-0.3, -0.25) is 0 Å². The van der Waals surface area contributed by atoms with Gasteiger partial charge < -0.3 is 9.32 Å². The molecular weight excluding hydrogens is 649 g/mol. The Bertz CT molecular complexity index is 2860. The summed E-state index contributed by atoms with van der Waals surface area (Å²) in [6.45, 7) is 0. The van der Waals surface area contributed by atoms with Crippen molar-refractivity contribution in [3.05, 3.63) is 175 Å². The van der Waals surface area contributed by atoms with E-state index in [4.69, 9.17) is 19.4 Å². The first-order chi connectivity index (χ1) is 26.2. The largest absolute Gasteiger partial charge is 0.455 e. The van der Waals surface area contributed by atoms with Gasteiger partial charge in [-0.05, 0) is 88.7 Å². The molecule has 9 aromatic rings. The Hall–Kier alpha value is -6.85. The highest BCUT2D eigenvalue weighted by atomic mass is 16.3. The lowest BCUT2D eigenvalue weighted by Gasteiger charge is -2.21. The van der Waals surface area contributed by atoms with Gasteiger partial charge in [0.05, 0.1) is 5.56 Å². The quantitative estimate of drug-likeness (QED) is 0.181. The second-order valence-electron chi connectivity index (χ2n) is 14.0. The van der Waals surface area contributed by atoms with E-state index in [2.05, 4.69) is 114 Å². The summed E-state index contributed by atoms with van der Waals surface area (Å²) in [5.74, 6) is 1.88. The Morgan fingerprint density at radius 3 is 1.74 bits per heavy atom. The average Bonchev–Trinajstić information content (AvgIpc) is 3.90. The molecule has 0 bridgehead atoms. The monoisotopic (exact) mass is 680 g/mol. The molecule has 250 valence electrons. The third kappa shape index (κ3) is 4.89. The van der Waals surface area contributed by atoms with E-state index < -0.39 is 0 Å². The van der Waals surface area contributed by atoms with Crippen LogP contribution in [0.15, 0.2) is 168 Å². The molecule has 5 heteroatoms. The van der Waals surface area contributed by atoms with E-state index in [1.807, 2.05) is 54.6 Å². The number of nitrogens with zero attached hydrogens (tertiary/aromatic N) is 4. The van der Waals surface area contributed by atoms with Crippen LogP contribution in [0.3, 0.4) is 0 Å². The zero-order valence-electron chi connectivity index (χ0n) is 28.8. The molecule has 0 aliphatic carbocycles. The van der Waals surface area contributed by atoms with Crippen molar-refractivity contribution in [2.24, 2.45) is 0 Å². The molecule has 7 aromatic carbocycles. The number of furan rings is 1. The van der Waals surface area contributed by atoms with Gasteiger partial charge in [-0.1, -0.05) is 121 Å². The van der Waals surface area contributed by atoms with Crippen molar-refractivity contribution in [1.82, 2.24) is 15.0 Å². The summed E-state index contributed by atoms with van der Waals surface area (Å²) in [6, 6.07) is 58.0. The van der Waals surface area contributed by atoms with Gasteiger partial charge in [-0.2, -0.15) is 0 Å². The Morgan fingerprint density at radius 1 is 0.434 bits per heavy atom. The summed E-state index contributed by atoms with van der Waals surface area (Å²) in [5, 5.41) is 2.13. The zero-order chi connectivity index (χ0) is 34.9. The van der Waals surface area contributed by atoms with Gasteiger partial charge in [0.25, 0.3) is 0 Å².